The summed E-state index contributed by atoms with van der Waals surface area (Å²) in [6, 6.07) is 4.30. The average Bonchev–Trinajstić information content (AvgIpc) is 2.27. The molecule has 1 amide bonds. The first kappa shape index (κ1) is 13.3. The zero-order chi connectivity index (χ0) is 13.1. The lowest BCUT2D eigenvalue weighted by molar-refractivity contribution is -0.116. The Morgan fingerprint density at radius 2 is 2.06 bits per heavy atom. The molecule has 0 saturated heterocycles. The predicted molar refractivity (Wildman–Crippen MR) is 64.8 cm³/mol. The van der Waals surface area contributed by atoms with Gasteiger partial charge in [0.1, 0.15) is 4.90 Å². The van der Waals surface area contributed by atoms with Crippen LogP contribution in [0.25, 0.3) is 0 Å². The van der Waals surface area contributed by atoms with E-state index in [1.54, 1.807) is 0 Å². The average molecular weight is 258 g/mol. The monoisotopic (exact) mass is 258 g/mol. The van der Waals surface area contributed by atoms with E-state index in [9.17, 15) is 13.2 Å². The molecule has 0 spiro atoms. The third-order valence-electron chi connectivity index (χ3n) is 2.02. The standard InChI is InChI=1S/C9H14N4O3S/c1-12-17(15,16)8-4-6(10)2-3-7(8)13-5-9(11)14/h2-4,12-13H,5,10H2,1H3,(H2,11,14). The molecule has 0 aliphatic heterocycles. The van der Waals surface area contributed by atoms with Crippen molar-refractivity contribution in [3.63, 3.8) is 0 Å². The summed E-state index contributed by atoms with van der Waals surface area (Å²) in [4.78, 5) is 10.6. The second-order valence-electron chi connectivity index (χ2n) is 3.28. The molecule has 0 aliphatic rings. The number of carbonyl (C=O) groups is 1. The van der Waals surface area contributed by atoms with Crippen LogP contribution in [0.4, 0.5) is 11.4 Å². The van der Waals surface area contributed by atoms with Crippen LogP contribution in [-0.2, 0) is 14.8 Å². The van der Waals surface area contributed by atoms with E-state index in [-0.39, 0.29) is 17.1 Å². The second kappa shape index (κ2) is 5.02. The zero-order valence-corrected chi connectivity index (χ0v) is 10.0. The molecule has 0 radical (unpaired) electrons. The maximum absolute atomic E-state index is 11.7. The predicted octanol–water partition coefficient (Wildman–Crippen LogP) is -0.926. The molecule has 8 heteroatoms. The third-order valence-corrected chi connectivity index (χ3v) is 3.47. The first-order chi connectivity index (χ1) is 7.86. The van der Waals surface area contributed by atoms with Crippen molar-refractivity contribution in [2.75, 3.05) is 24.6 Å². The number of carbonyl (C=O) groups excluding carboxylic acids is 1. The van der Waals surface area contributed by atoms with Gasteiger partial charge >= 0.3 is 0 Å². The van der Waals surface area contributed by atoms with E-state index < -0.39 is 15.9 Å². The van der Waals surface area contributed by atoms with Crippen molar-refractivity contribution in [1.29, 1.82) is 0 Å². The number of anilines is 2. The van der Waals surface area contributed by atoms with Crippen LogP contribution in [0.3, 0.4) is 0 Å². The Morgan fingerprint density at radius 3 is 2.59 bits per heavy atom. The molecule has 0 aliphatic carbocycles. The smallest absolute Gasteiger partial charge is 0.242 e. The Bertz CT molecular complexity index is 527. The van der Waals surface area contributed by atoms with Crippen molar-refractivity contribution in [2.24, 2.45) is 5.73 Å². The number of sulfonamides is 1. The summed E-state index contributed by atoms with van der Waals surface area (Å²) in [6.07, 6.45) is 0. The number of amides is 1. The highest BCUT2D eigenvalue weighted by Crippen LogP contribution is 2.23. The van der Waals surface area contributed by atoms with Gasteiger partial charge in [0.2, 0.25) is 15.9 Å². The van der Waals surface area contributed by atoms with Crippen LogP contribution in [0.1, 0.15) is 0 Å². The molecular formula is C9H14N4O3S. The largest absolute Gasteiger partial charge is 0.399 e. The Balaban J connectivity index is 3.17. The molecule has 1 rings (SSSR count). The van der Waals surface area contributed by atoms with Gasteiger partial charge in [-0.25, -0.2) is 13.1 Å². The minimum atomic E-state index is -3.64. The summed E-state index contributed by atoms with van der Waals surface area (Å²) in [5.41, 5.74) is 11.1. The summed E-state index contributed by atoms with van der Waals surface area (Å²) in [5.74, 6) is -0.588. The molecule has 0 unspecified atom stereocenters. The van der Waals surface area contributed by atoms with E-state index in [4.69, 9.17) is 11.5 Å². The number of benzene rings is 1. The van der Waals surface area contributed by atoms with Crippen molar-refractivity contribution in [3.05, 3.63) is 18.2 Å². The fourth-order valence-corrected chi connectivity index (χ4v) is 2.14. The number of hydrogen-bond acceptors (Lipinski definition) is 5. The van der Waals surface area contributed by atoms with E-state index in [2.05, 4.69) is 10.0 Å². The molecule has 6 N–H and O–H groups in total. The van der Waals surface area contributed by atoms with E-state index in [0.29, 0.717) is 5.69 Å². The van der Waals surface area contributed by atoms with Crippen molar-refractivity contribution in [1.82, 2.24) is 4.72 Å². The maximum atomic E-state index is 11.7. The van der Waals surface area contributed by atoms with Crippen molar-refractivity contribution in [3.8, 4) is 0 Å². The quantitative estimate of drug-likeness (QED) is 0.508. The van der Waals surface area contributed by atoms with Crippen LogP contribution in [0.2, 0.25) is 0 Å². The van der Waals surface area contributed by atoms with Gasteiger partial charge in [0.05, 0.1) is 12.2 Å². The van der Waals surface area contributed by atoms with Gasteiger partial charge in [-0.3, -0.25) is 4.79 Å². The van der Waals surface area contributed by atoms with Gasteiger partial charge in [0.15, 0.2) is 0 Å². The number of nitrogens with two attached hydrogens (primary N) is 2. The molecule has 0 saturated carbocycles. The zero-order valence-electron chi connectivity index (χ0n) is 9.23. The molecule has 0 bridgehead atoms. The van der Waals surface area contributed by atoms with Gasteiger partial charge in [-0.15, -0.1) is 0 Å². The van der Waals surface area contributed by atoms with Crippen LogP contribution >= 0.6 is 0 Å². The second-order valence-corrected chi connectivity index (χ2v) is 5.14. The summed E-state index contributed by atoms with van der Waals surface area (Å²) < 4.78 is 25.6. The summed E-state index contributed by atoms with van der Waals surface area (Å²) >= 11 is 0. The molecule has 1 aromatic rings. The van der Waals surface area contributed by atoms with Crippen molar-refractivity contribution >= 4 is 27.3 Å². The number of rotatable bonds is 5. The van der Waals surface area contributed by atoms with Gasteiger partial charge in [-0.2, -0.15) is 0 Å². The van der Waals surface area contributed by atoms with Crippen LogP contribution in [0, 0.1) is 0 Å². The van der Waals surface area contributed by atoms with Crippen LogP contribution in [0.5, 0.6) is 0 Å². The van der Waals surface area contributed by atoms with Gasteiger partial charge in [-0.1, -0.05) is 0 Å². The van der Waals surface area contributed by atoms with Gasteiger partial charge in [-0.05, 0) is 25.2 Å². The van der Waals surface area contributed by atoms with E-state index in [0.717, 1.165) is 0 Å². The lowest BCUT2D eigenvalue weighted by Gasteiger charge is -2.11. The highest BCUT2D eigenvalue weighted by atomic mass is 32.2. The van der Waals surface area contributed by atoms with Crippen molar-refractivity contribution in [2.45, 2.75) is 4.90 Å². The van der Waals surface area contributed by atoms with Gasteiger partial charge in [0, 0.05) is 5.69 Å². The fourth-order valence-electron chi connectivity index (χ4n) is 1.20. The topological polar surface area (TPSA) is 127 Å². The number of primary amides is 1. The molecule has 0 fully saturated rings. The molecule has 1 aromatic carbocycles. The molecule has 94 valence electrons. The molecular weight excluding hydrogens is 244 g/mol. The van der Waals surface area contributed by atoms with Gasteiger partial charge < -0.3 is 16.8 Å². The molecule has 0 heterocycles. The molecule has 0 atom stereocenters. The lowest BCUT2D eigenvalue weighted by Crippen LogP contribution is -2.24. The summed E-state index contributed by atoms with van der Waals surface area (Å²) in [5, 5.41) is 2.63. The lowest BCUT2D eigenvalue weighted by atomic mass is 10.3. The van der Waals surface area contributed by atoms with E-state index in [1.165, 1.54) is 25.2 Å². The molecule has 0 aromatic heterocycles. The maximum Gasteiger partial charge on any atom is 0.242 e. The Labute approximate surface area is 99.2 Å². The summed E-state index contributed by atoms with van der Waals surface area (Å²) in [6.45, 7) is -0.157. The highest BCUT2D eigenvalue weighted by Gasteiger charge is 2.17. The van der Waals surface area contributed by atoms with E-state index >= 15 is 0 Å². The van der Waals surface area contributed by atoms with Crippen LogP contribution in [0.15, 0.2) is 23.1 Å². The number of nitrogen functional groups attached to an aromatic ring is 1. The Kier molecular flexibility index (Phi) is 3.92. The number of nitrogens with one attached hydrogen (secondary N) is 2. The van der Waals surface area contributed by atoms with Crippen molar-refractivity contribution < 1.29 is 13.2 Å². The third kappa shape index (κ3) is 3.33. The first-order valence-corrected chi connectivity index (χ1v) is 6.20. The first-order valence-electron chi connectivity index (χ1n) is 4.72. The highest BCUT2D eigenvalue weighted by molar-refractivity contribution is 7.89. The molecule has 17 heavy (non-hydrogen) atoms. The van der Waals surface area contributed by atoms with Crippen LogP contribution in [-0.4, -0.2) is 27.9 Å². The SMILES string of the molecule is CNS(=O)(=O)c1cc(N)ccc1NCC(N)=O. The number of hydrogen-bond donors (Lipinski definition) is 4. The van der Waals surface area contributed by atoms with Gasteiger partial charge in [0.25, 0.3) is 0 Å². The van der Waals surface area contributed by atoms with E-state index in [1.807, 2.05) is 0 Å². The van der Waals surface area contributed by atoms with Crippen LogP contribution < -0.4 is 21.5 Å². The Morgan fingerprint density at radius 1 is 1.41 bits per heavy atom. The molecule has 7 nitrogen and oxygen atoms in total. The Hall–Kier alpha value is -1.80. The minimum Gasteiger partial charge on any atom is -0.399 e. The summed E-state index contributed by atoms with van der Waals surface area (Å²) in [7, 11) is -2.36. The fraction of sp³-hybridized carbons (Fsp3) is 0.222. The normalized spacial score (nSPS) is 11.1. The minimum absolute atomic E-state index is 0.0266.